The van der Waals surface area contributed by atoms with E-state index >= 15 is 0 Å². The lowest BCUT2D eigenvalue weighted by Gasteiger charge is -2.22. The summed E-state index contributed by atoms with van der Waals surface area (Å²) in [7, 11) is 2.15. The van der Waals surface area contributed by atoms with Gasteiger partial charge in [0.1, 0.15) is 5.65 Å². The van der Waals surface area contributed by atoms with Gasteiger partial charge in [0.05, 0.1) is 5.69 Å². The van der Waals surface area contributed by atoms with Crippen molar-refractivity contribution in [1.29, 1.82) is 0 Å². The minimum absolute atomic E-state index is 0.421. The molecule has 0 aliphatic heterocycles. The molecule has 0 saturated heterocycles. The molecule has 3 aromatic rings. The number of hydrogen-bond acceptors (Lipinski definition) is 3. The van der Waals surface area contributed by atoms with E-state index < -0.39 is 0 Å². The molecule has 4 heteroatoms. The van der Waals surface area contributed by atoms with Gasteiger partial charge >= 0.3 is 0 Å². The molecule has 0 aliphatic rings. The Morgan fingerprint density at radius 1 is 1.32 bits per heavy atom. The van der Waals surface area contributed by atoms with Crippen LogP contribution in [-0.2, 0) is 6.54 Å². The minimum Gasteiger partial charge on any atom is -0.307 e. The molecule has 0 radical (unpaired) electrons. The fraction of sp³-hybridized carbons (Fsp3) is 0.267. The summed E-state index contributed by atoms with van der Waals surface area (Å²) < 4.78 is 2.07. The quantitative estimate of drug-likeness (QED) is 0.723. The third kappa shape index (κ3) is 2.55. The molecule has 0 spiro atoms. The van der Waals surface area contributed by atoms with Crippen molar-refractivity contribution < 1.29 is 0 Å². The molecule has 0 unspecified atom stereocenters. The van der Waals surface area contributed by atoms with E-state index in [-0.39, 0.29) is 0 Å². The molecule has 0 fully saturated rings. The molecule has 3 heterocycles. The molecule has 3 rings (SSSR count). The zero-order valence-electron chi connectivity index (χ0n) is 11.2. The summed E-state index contributed by atoms with van der Waals surface area (Å²) in [6.45, 7) is 3.10. The van der Waals surface area contributed by atoms with Gasteiger partial charge in [-0.2, -0.15) is 0 Å². The fourth-order valence-electron chi connectivity index (χ4n) is 2.20. The molecule has 0 aromatic carbocycles. The highest BCUT2D eigenvalue weighted by atomic mass is 32.1. The van der Waals surface area contributed by atoms with Crippen LogP contribution in [0.3, 0.4) is 0 Å². The summed E-state index contributed by atoms with van der Waals surface area (Å²) in [6, 6.07) is 10.8. The molecule has 3 nitrogen and oxygen atoms in total. The number of pyridine rings is 1. The molecule has 1 atom stereocenters. The molecule has 0 amide bonds. The Labute approximate surface area is 117 Å². The lowest BCUT2D eigenvalue weighted by molar-refractivity contribution is 0.254. The van der Waals surface area contributed by atoms with Crippen molar-refractivity contribution in [2.24, 2.45) is 0 Å². The maximum Gasteiger partial charge on any atom is 0.137 e. The second-order valence-corrected chi connectivity index (χ2v) is 5.78. The van der Waals surface area contributed by atoms with Gasteiger partial charge in [0, 0.05) is 29.9 Å². The Morgan fingerprint density at radius 3 is 2.95 bits per heavy atom. The summed E-state index contributed by atoms with van der Waals surface area (Å²) >= 11 is 1.81. The third-order valence-electron chi connectivity index (χ3n) is 3.44. The Hall–Kier alpha value is -1.65. The van der Waals surface area contributed by atoms with Crippen molar-refractivity contribution in [2.75, 3.05) is 7.05 Å². The van der Waals surface area contributed by atoms with E-state index in [0.717, 1.165) is 17.9 Å². The summed E-state index contributed by atoms with van der Waals surface area (Å²) in [4.78, 5) is 8.36. The van der Waals surface area contributed by atoms with E-state index in [2.05, 4.69) is 52.0 Å². The van der Waals surface area contributed by atoms with Crippen molar-refractivity contribution in [3.05, 3.63) is 58.7 Å². The van der Waals surface area contributed by atoms with Crippen molar-refractivity contribution in [1.82, 2.24) is 14.3 Å². The van der Waals surface area contributed by atoms with Crippen molar-refractivity contribution >= 4 is 17.0 Å². The Morgan fingerprint density at radius 2 is 2.21 bits per heavy atom. The average Bonchev–Trinajstić information content (AvgIpc) is 3.06. The molecule has 0 aliphatic carbocycles. The highest BCUT2D eigenvalue weighted by Crippen LogP contribution is 2.24. The predicted molar refractivity (Wildman–Crippen MR) is 79.4 cm³/mol. The third-order valence-corrected chi connectivity index (χ3v) is 4.48. The largest absolute Gasteiger partial charge is 0.307 e. The summed E-state index contributed by atoms with van der Waals surface area (Å²) in [5, 5.41) is 2.13. The van der Waals surface area contributed by atoms with Crippen LogP contribution in [0.15, 0.2) is 48.1 Å². The SMILES string of the molecule is C[C@@H](c1cccs1)N(C)Cc1cn2ccccc2n1. The van der Waals surface area contributed by atoms with Gasteiger partial charge in [0.15, 0.2) is 0 Å². The van der Waals surface area contributed by atoms with Gasteiger partial charge < -0.3 is 4.40 Å². The highest BCUT2D eigenvalue weighted by Gasteiger charge is 2.14. The molecule has 3 aromatic heterocycles. The molecular weight excluding hydrogens is 254 g/mol. The number of aromatic nitrogens is 2. The van der Waals surface area contributed by atoms with Gasteiger partial charge in [-0.1, -0.05) is 12.1 Å². The first-order valence-corrected chi connectivity index (χ1v) is 7.28. The van der Waals surface area contributed by atoms with Crippen LogP contribution < -0.4 is 0 Å². The monoisotopic (exact) mass is 271 g/mol. The first kappa shape index (κ1) is 12.4. The maximum atomic E-state index is 4.64. The van der Waals surface area contributed by atoms with E-state index in [1.807, 2.05) is 35.7 Å². The van der Waals surface area contributed by atoms with E-state index in [1.54, 1.807) is 0 Å². The summed E-state index contributed by atoms with van der Waals surface area (Å²) in [5.74, 6) is 0. The highest BCUT2D eigenvalue weighted by molar-refractivity contribution is 7.10. The zero-order valence-corrected chi connectivity index (χ0v) is 12.0. The number of fused-ring (bicyclic) bond motifs is 1. The Balaban J connectivity index is 1.77. The second-order valence-electron chi connectivity index (χ2n) is 4.80. The van der Waals surface area contributed by atoms with E-state index in [0.29, 0.717) is 6.04 Å². The first-order chi connectivity index (χ1) is 9.24. The standard InChI is InChI=1S/C15H17N3S/c1-12(14-6-5-9-19-14)17(2)10-13-11-18-8-4-3-7-15(18)16-13/h3-9,11-12H,10H2,1-2H3/t12-/m0/s1. The number of rotatable bonds is 4. The number of thiophene rings is 1. The lowest BCUT2D eigenvalue weighted by atomic mass is 10.2. The van der Waals surface area contributed by atoms with Gasteiger partial charge in [-0.15, -0.1) is 11.3 Å². The van der Waals surface area contributed by atoms with Crippen LogP contribution in [0.25, 0.3) is 5.65 Å². The topological polar surface area (TPSA) is 20.5 Å². The minimum atomic E-state index is 0.421. The Bertz CT molecular complexity index is 624. The van der Waals surface area contributed by atoms with Gasteiger partial charge in [-0.05, 0) is 37.6 Å². The van der Waals surface area contributed by atoms with Crippen molar-refractivity contribution in [2.45, 2.75) is 19.5 Å². The molecule has 0 saturated carbocycles. The molecule has 0 N–H and O–H groups in total. The summed E-state index contributed by atoms with van der Waals surface area (Å²) in [5.41, 5.74) is 2.12. The van der Waals surface area contributed by atoms with Gasteiger partial charge in [-0.25, -0.2) is 4.98 Å². The lowest BCUT2D eigenvalue weighted by Crippen LogP contribution is -2.21. The first-order valence-electron chi connectivity index (χ1n) is 6.40. The fourth-order valence-corrected chi connectivity index (χ4v) is 3.05. The van der Waals surface area contributed by atoms with Gasteiger partial charge in [0.2, 0.25) is 0 Å². The van der Waals surface area contributed by atoms with Gasteiger partial charge in [0.25, 0.3) is 0 Å². The molecular formula is C15H17N3S. The normalized spacial score (nSPS) is 13.2. The number of imidazole rings is 1. The average molecular weight is 271 g/mol. The van der Waals surface area contributed by atoms with Crippen LogP contribution in [0.5, 0.6) is 0 Å². The molecule has 98 valence electrons. The van der Waals surface area contributed by atoms with E-state index in [4.69, 9.17) is 0 Å². The van der Waals surface area contributed by atoms with Gasteiger partial charge in [-0.3, -0.25) is 4.90 Å². The zero-order chi connectivity index (χ0) is 13.2. The number of hydrogen-bond donors (Lipinski definition) is 0. The van der Waals surface area contributed by atoms with Crippen molar-refractivity contribution in [3.8, 4) is 0 Å². The Kier molecular flexibility index (Phi) is 3.36. The smallest absolute Gasteiger partial charge is 0.137 e. The van der Waals surface area contributed by atoms with Crippen LogP contribution in [0.2, 0.25) is 0 Å². The summed E-state index contributed by atoms with van der Waals surface area (Å²) in [6.07, 6.45) is 4.14. The van der Waals surface area contributed by atoms with Crippen LogP contribution in [0, 0.1) is 0 Å². The number of nitrogens with zero attached hydrogens (tertiary/aromatic N) is 3. The second kappa shape index (κ2) is 5.15. The van der Waals surface area contributed by atoms with Crippen LogP contribution in [0.4, 0.5) is 0 Å². The maximum absolute atomic E-state index is 4.64. The van der Waals surface area contributed by atoms with Crippen LogP contribution in [0.1, 0.15) is 23.5 Å². The predicted octanol–water partition coefficient (Wildman–Crippen LogP) is 3.59. The van der Waals surface area contributed by atoms with E-state index in [9.17, 15) is 0 Å². The van der Waals surface area contributed by atoms with E-state index in [1.165, 1.54) is 4.88 Å². The van der Waals surface area contributed by atoms with Crippen molar-refractivity contribution in [3.63, 3.8) is 0 Å². The van der Waals surface area contributed by atoms with Crippen LogP contribution in [-0.4, -0.2) is 21.3 Å². The molecule has 19 heavy (non-hydrogen) atoms. The van der Waals surface area contributed by atoms with Crippen LogP contribution >= 0.6 is 11.3 Å². The molecule has 0 bridgehead atoms.